The lowest BCUT2D eigenvalue weighted by Crippen LogP contribution is -2.41. The van der Waals surface area contributed by atoms with Gasteiger partial charge in [0.25, 0.3) is 5.89 Å². The van der Waals surface area contributed by atoms with E-state index in [9.17, 15) is 5.26 Å². The van der Waals surface area contributed by atoms with Crippen LogP contribution in [0.3, 0.4) is 0 Å². The Bertz CT molecular complexity index is 1020. The number of benzene rings is 1. The summed E-state index contributed by atoms with van der Waals surface area (Å²) in [6.45, 7) is 1.08. The number of anilines is 1. The zero-order chi connectivity index (χ0) is 20.2. The third-order valence-electron chi connectivity index (χ3n) is 5.16. The molecular weight excluding hydrogens is 392 g/mol. The highest BCUT2D eigenvalue weighted by Crippen LogP contribution is 2.31. The molecule has 2 unspecified atom stereocenters. The number of aromatic nitrogens is 4. The topological polar surface area (TPSA) is 112 Å². The number of hydrogen-bond donors (Lipinski definition) is 1. The number of rotatable bonds is 5. The molecule has 1 N–H and O–H groups in total. The summed E-state index contributed by atoms with van der Waals surface area (Å²) in [5.74, 6) is 1.24. The summed E-state index contributed by atoms with van der Waals surface area (Å²) in [4.78, 5) is 6.10. The van der Waals surface area contributed by atoms with E-state index < -0.39 is 0 Å². The first-order chi connectivity index (χ1) is 14.2. The van der Waals surface area contributed by atoms with E-state index in [0.29, 0.717) is 18.1 Å². The Balaban J connectivity index is 1.44. The van der Waals surface area contributed by atoms with Gasteiger partial charge in [-0.1, -0.05) is 35.0 Å². The van der Waals surface area contributed by atoms with Crippen LogP contribution in [0.1, 0.15) is 17.8 Å². The van der Waals surface area contributed by atoms with E-state index in [2.05, 4.69) is 31.3 Å². The molecule has 0 amide bonds. The van der Waals surface area contributed by atoms with E-state index in [4.69, 9.17) is 21.2 Å². The molecule has 1 aromatic carbocycles. The highest BCUT2D eigenvalue weighted by Gasteiger charge is 2.30. The fraction of sp³-hybridized carbons (Fsp3) is 0.350. The molecule has 4 rings (SSSR count). The molecule has 3 heterocycles. The number of halogens is 1. The minimum atomic E-state index is -0.298. The molecule has 0 aliphatic carbocycles. The van der Waals surface area contributed by atoms with Crippen LogP contribution in [0.2, 0.25) is 5.02 Å². The molecule has 1 saturated heterocycles. The smallest absolute Gasteiger partial charge is 0.278 e. The van der Waals surface area contributed by atoms with Crippen molar-refractivity contribution in [2.75, 3.05) is 18.0 Å². The van der Waals surface area contributed by atoms with Gasteiger partial charge in [0, 0.05) is 18.1 Å². The third-order valence-corrected chi connectivity index (χ3v) is 5.53. The third kappa shape index (κ3) is 4.21. The molecular formula is C20H19ClN6O2. The molecule has 1 fully saturated rings. The quantitative estimate of drug-likeness (QED) is 0.683. The first-order valence-corrected chi connectivity index (χ1v) is 9.71. The zero-order valence-corrected chi connectivity index (χ0v) is 16.3. The van der Waals surface area contributed by atoms with Crippen molar-refractivity contribution >= 4 is 17.4 Å². The number of hydrogen-bond acceptors (Lipinski definition) is 8. The van der Waals surface area contributed by atoms with E-state index in [1.807, 2.05) is 30.3 Å². The average Bonchev–Trinajstić information content (AvgIpc) is 3.25. The summed E-state index contributed by atoms with van der Waals surface area (Å²) in [5.41, 5.74) is 1.52. The van der Waals surface area contributed by atoms with Gasteiger partial charge in [-0.2, -0.15) is 10.2 Å². The Morgan fingerprint density at radius 2 is 2.10 bits per heavy atom. The van der Waals surface area contributed by atoms with Gasteiger partial charge in [-0.25, -0.2) is 0 Å². The normalized spacial score (nSPS) is 19.1. The lowest BCUT2D eigenvalue weighted by atomic mass is 9.82. The van der Waals surface area contributed by atoms with Gasteiger partial charge in [0.05, 0.1) is 12.0 Å². The van der Waals surface area contributed by atoms with Crippen LogP contribution in [0.25, 0.3) is 11.6 Å². The largest absolute Gasteiger partial charge is 0.388 e. The summed E-state index contributed by atoms with van der Waals surface area (Å²) >= 11 is 6.29. The summed E-state index contributed by atoms with van der Waals surface area (Å²) < 4.78 is 5.05. The highest BCUT2D eigenvalue weighted by molar-refractivity contribution is 6.31. The van der Waals surface area contributed by atoms with Gasteiger partial charge >= 0.3 is 0 Å². The Morgan fingerprint density at radius 1 is 1.24 bits per heavy atom. The van der Waals surface area contributed by atoms with Crippen molar-refractivity contribution in [3.05, 3.63) is 52.8 Å². The number of aliphatic hydroxyl groups is 1. The van der Waals surface area contributed by atoms with E-state index >= 15 is 0 Å². The van der Waals surface area contributed by atoms with Gasteiger partial charge in [-0.3, -0.25) is 0 Å². The van der Waals surface area contributed by atoms with Crippen molar-refractivity contribution in [3.8, 4) is 17.7 Å². The summed E-state index contributed by atoms with van der Waals surface area (Å²) in [6, 6.07) is 13.8. The molecule has 0 spiro atoms. The van der Waals surface area contributed by atoms with Crippen LogP contribution in [0.4, 0.5) is 5.82 Å². The van der Waals surface area contributed by atoms with Crippen LogP contribution in [-0.2, 0) is 13.0 Å². The molecule has 148 valence electrons. The Labute approximate surface area is 172 Å². The van der Waals surface area contributed by atoms with Crippen LogP contribution in [-0.4, -0.2) is 38.5 Å². The molecule has 1 aliphatic rings. The van der Waals surface area contributed by atoms with E-state index in [1.165, 1.54) is 0 Å². The van der Waals surface area contributed by atoms with Crippen LogP contribution >= 0.6 is 11.6 Å². The maximum atomic E-state index is 9.70. The van der Waals surface area contributed by atoms with Crippen molar-refractivity contribution in [2.45, 2.75) is 19.4 Å². The number of aliphatic hydroxyl groups excluding tert-OH is 1. The van der Waals surface area contributed by atoms with E-state index in [1.54, 1.807) is 6.07 Å². The first kappa shape index (κ1) is 19.3. The molecule has 0 saturated carbocycles. The fourth-order valence-electron chi connectivity index (χ4n) is 3.58. The van der Waals surface area contributed by atoms with Gasteiger partial charge in [0.2, 0.25) is 0 Å². The van der Waals surface area contributed by atoms with Gasteiger partial charge in [0.15, 0.2) is 17.3 Å². The predicted molar refractivity (Wildman–Crippen MR) is 106 cm³/mol. The Hall–Kier alpha value is -3.02. The van der Waals surface area contributed by atoms with Crippen molar-refractivity contribution in [1.82, 2.24) is 20.3 Å². The molecule has 9 heteroatoms. The summed E-state index contributed by atoms with van der Waals surface area (Å²) in [7, 11) is 0. The maximum Gasteiger partial charge on any atom is 0.278 e. The lowest BCUT2D eigenvalue weighted by Gasteiger charge is -2.36. The highest BCUT2D eigenvalue weighted by atomic mass is 35.5. The van der Waals surface area contributed by atoms with Gasteiger partial charge in [0.1, 0.15) is 6.61 Å². The lowest BCUT2D eigenvalue weighted by molar-refractivity contribution is 0.264. The van der Waals surface area contributed by atoms with Crippen LogP contribution in [0.5, 0.6) is 0 Å². The van der Waals surface area contributed by atoms with Gasteiger partial charge in [-0.05, 0) is 42.5 Å². The molecule has 0 radical (unpaired) electrons. The van der Waals surface area contributed by atoms with Gasteiger partial charge in [-0.15, -0.1) is 10.2 Å². The van der Waals surface area contributed by atoms with Gasteiger partial charge < -0.3 is 14.5 Å². The monoisotopic (exact) mass is 410 g/mol. The Kier molecular flexibility index (Phi) is 5.69. The minimum absolute atomic E-state index is 0.121. The number of piperidine rings is 1. The SMILES string of the molecule is N#CC1CN(c2ccc(-c3nc(CO)no3)nn2)CCC1Cc1ccccc1Cl. The van der Waals surface area contributed by atoms with Crippen LogP contribution < -0.4 is 4.90 Å². The standard InChI is InChI=1S/C20H19ClN6O2/c21-16-4-2-1-3-14(16)9-13-7-8-27(11-15(13)10-22)19-6-5-17(24-25-19)20-23-18(12-28)26-29-20/h1-6,13,15,28H,7-9,11-12H2. The van der Waals surface area contributed by atoms with Crippen LogP contribution in [0.15, 0.2) is 40.9 Å². The van der Waals surface area contributed by atoms with Crippen molar-refractivity contribution in [1.29, 1.82) is 5.26 Å². The Morgan fingerprint density at radius 3 is 2.79 bits per heavy atom. The second-order valence-electron chi connectivity index (χ2n) is 6.98. The molecule has 1 aliphatic heterocycles. The molecule has 29 heavy (non-hydrogen) atoms. The maximum absolute atomic E-state index is 9.70. The number of nitriles is 1. The van der Waals surface area contributed by atoms with Crippen molar-refractivity contribution in [3.63, 3.8) is 0 Å². The molecule has 3 aromatic rings. The average molecular weight is 411 g/mol. The van der Waals surface area contributed by atoms with Crippen LogP contribution in [0, 0.1) is 23.2 Å². The summed E-state index contributed by atoms with van der Waals surface area (Å²) in [5, 5.41) is 31.5. The molecule has 2 aromatic heterocycles. The minimum Gasteiger partial charge on any atom is -0.388 e. The zero-order valence-electron chi connectivity index (χ0n) is 15.6. The molecule has 0 bridgehead atoms. The fourth-order valence-corrected chi connectivity index (χ4v) is 3.79. The first-order valence-electron chi connectivity index (χ1n) is 9.33. The second-order valence-corrected chi connectivity index (χ2v) is 7.38. The molecule has 2 atom stereocenters. The van der Waals surface area contributed by atoms with Crippen molar-refractivity contribution < 1.29 is 9.63 Å². The van der Waals surface area contributed by atoms with E-state index in [-0.39, 0.29) is 30.2 Å². The summed E-state index contributed by atoms with van der Waals surface area (Å²) in [6.07, 6.45) is 1.66. The molecule has 8 nitrogen and oxygen atoms in total. The van der Waals surface area contributed by atoms with Crippen molar-refractivity contribution in [2.24, 2.45) is 11.8 Å². The predicted octanol–water partition coefficient (Wildman–Crippen LogP) is 2.88. The number of nitrogens with zero attached hydrogens (tertiary/aromatic N) is 6. The van der Waals surface area contributed by atoms with E-state index in [0.717, 1.165) is 30.0 Å². The second kappa shape index (κ2) is 8.55.